The van der Waals surface area contributed by atoms with Gasteiger partial charge >= 0.3 is 0 Å². The summed E-state index contributed by atoms with van der Waals surface area (Å²) in [7, 11) is 0. The fourth-order valence-corrected chi connectivity index (χ4v) is 3.64. The monoisotopic (exact) mass is 477 g/mol. The van der Waals surface area contributed by atoms with Gasteiger partial charge in [-0.05, 0) is 46.6 Å². The molecule has 6 nitrogen and oxygen atoms in total. The molecule has 1 aliphatic heterocycles. The van der Waals surface area contributed by atoms with Gasteiger partial charge in [0.15, 0.2) is 5.96 Å². The van der Waals surface area contributed by atoms with Crippen molar-refractivity contribution in [2.24, 2.45) is 4.99 Å². The predicted molar refractivity (Wildman–Crippen MR) is 119 cm³/mol. The van der Waals surface area contributed by atoms with E-state index in [1.807, 2.05) is 13.8 Å². The van der Waals surface area contributed by atoms with Crippen LogP contribution in [0.4, 0.5) is 0 Å². The molecule has 0 spiro atoms. The largest absolute Gasteiger partial charge is 0.361 e. The molecule has 0 aromatic carbocycles. The highest BCUT2D eigenvalue weighted by Crippen LogP contribution is 2.23. The van der Waals surface area contributed by atoms with Crippen molar-refractivity contribution < 1.29 is 4.52 Å². The van der Waals surface area contributed by atoms with E-state index in [0.29, 0.717) is 12.0 Å². The summed E-state index contributed by atoms with van der Waals surface area (Å²) < 4.78 is 5.29. The quantitative estimate of drug-likeness (QED) is 0.358. The lowest BCUT2D eigenvalue weighted by atomic mass is 10.00. The van der Waals surface area contributed by atoms with Crippen molar-refractivity contribution in [2.45, 2.75) is 65.8 Å². The van der Waals surface area contributed by atoms with Crippen molar-refractivity contribution in [2.75, 3.05) is 32.7 Å². The second-order valence-corrected chi connectivity index (χ2v) is 7.12. The van der Waals surface area contributed by atoms with E-state index in [1.165, 1.54) is 44.5 Å². The lowest BCUT2D eigenvalue weighted by Gasteiger charge is -2.32. The van der Waals surface area contributed by atoms with Gasteiger partial charge in [0.1, 0.15) is 5.76 Å². The number of guanidine groups is 1. The van der Waals surface area contributed by atoms with Gasteiger partial charge in [0.05, 0.1) is 5.69 Å². The van der Waals surface area contributed by atoms with Crippen LogP contribution in [0.3, 0.4) is 0 Å². The summed E-state index contributed by atoms with van der Waals surface area (Å²) in [6.45, 7) is 15.7. The number of rotatable bonds is 7. The zero-order chi connectivity index (χ0) is 18.2. The minimum absolute atomic E-state index is 0. The van der Waals surface area contributed by atoms with Crippen molar-refractivity contribution in [3.63, 3.8) is 0 Å². The van der Waals surface area contributed by atoms with Crippen LogP contribution in [0.15, 0.2) is 9.52 Å². The predicted octanol–water partition coefficient (Wildman–Crippen LogP) is 3.44. The van der Waals surface area contributed by atoms with Gasteiger partial charge in [-0.3, -0.25) is 4.99 Å². The highest BCUT2D eigenvalue weighted by Gasteiger charge is 2.20. The van der Waals surface area contributed by atoms with Gasteiger partial charge in [0, 0.05) is 43.7 Å². The highest BCUT2D eigenvalue weighted by atomic mass is 127. The van der Waals surface area contributed by atoms with Gasteiger partial charge in [-0.1, -0.05) is 19.0 Å². The molecule has 150 valence electrons. The van der Waals surface area contributed by atoms with Crippen molar-refractivity contribution in [3.05, 3.63) is 17.0 Å². The summed E-state index contributed by atoms with van der Waals surface area (Å²) in [6, 6.07) is 0.514. The smallest absolute Gasteiger partial charge is 0.191 e. The van der Waals surface area contributed by atoms with Crippen LogP contribution in [0.5, 0.6) is 0 Å². The summed E-state index contributed by atoms with van der Waals surface area (Å²) in [5, 5.41) is 11.1. The van der Waals surface area contributed by atoms with Crippen LogP contribution in [0.2, 0.25) is 0 Å². The Morgan fingerprint density at radius 1 is 1.31 bits per heavy atom. The van der Waals surface area contributed by atoms with Crippen LogP contribution in [0.1, 0.15) is 63.0 Å². The van der Waals surface area contributed by atoms with Crippen molar-refractivity contribution in [1.82, 2.24) is 20.7 Å². The minimum atomic E-state index is 0. The Balaban J connectivity index is 0.00000338. The molecule has 0 bridgehead atoms. The van der Waals surface area contributed by atoms with Crippen molar-refractivity contribution in [1.29, 1.82) is 0 Å². The number of nitrogens with one attached hydrogen (secondary N) is 2. The third-order valence-corrected chi connectivity index (χ3v) is 4.92. The summed E-state index contributed by atoms with van der Waals surface area (Å²) in [4.78, 5) is 7.37. The van der Waals surface area contributed by atoms with Crippen LogP contribution in [0, 0.1) is 13.8 Å². The standard InChI is InChI=1S/C19H35N5O.HI/c1-6-10-24-11-8-17(9-12-24)22-19(20-7-2)21-13-14(3)18-15(4)23-25-16(18)5;/h14,17H,6-13H2,1-5H3,(H2,20,21,22);1H. The third kappa shape index (κ3) is 6.72. The molecule has 2 rings (SSSR count). The van der Waals surface area contributed by atoms with E-state index < -0.39 is 0 Å². The number of likely N-dealkylation sites (tertiary alicyclic amines) is 1. The first-order valence-corrected chi connectivity index (χ1v) is 9.75. The first-order chi connectivity index (χ1) is 12.0. The number of piperidine rings is 1. The third-order valence-electron chi connectivity index (χ3n) is 4.92. The molecule has 26 heavy (non-hydrogen) atoms. The summed E-state index contributed by atoms with van der Waals surface area (Å²) in [6.07, 6.45) is 3.61. The maximum absolute atomic E-state index is 5.29. The second-order valence-electron chi connectivity index (χ2n) is 7.12. The molecule has 0 saturated carbocycles. The van der Waals surface area contributed by atoms with Crippen LogP contribution in [0.25, 0.3) is 0 Å². The lowest BCUT2D eigenvalue weighted by Crippen LogP contribution is -2.48. The number of hydrogen-bond donors (Lipinski definition) is 2. The Bertz CT molecular complexity index is 533. The van der Waals surface area contributed by atoms with Gasteiger partial charge in [0.25, 0.3) is 0 Å². The topological polar surface area (TPSA) is 65.7 Å². The fraction of sp³-hybridized carbons (Fsp3) is 0.789. The summed E-state index contributed by atoms with van der Waals surface area (Å²) in [5.41, 5.74) is 2.16. The number of nitrogens with zero attached hydrogens (tertiary/aromatic N) is 3. The van der Waals surface area contributed by atoms with E-state index in [-0.39, 0.29) is 24.0 Å². The molecular formula is C19H36IN5O. The molecule has 1 atom stereocenters. The molecule has 2 N–H and O–H groups in total. The molecule has 1 unspecified atom stereocenters. The zero-order valence-electron chi connectivity index (χ0n) is 17.0. The average molecular weight is 477 g/mol. The molecule has 1 aliphatic rings. The Morgan fingerprint density at radius 2 is 2.00 bits per heavy atom. The minimum Gasteiger partial charge on any atom is -0.361 e. The van der Waals surface area contributed by atoms with E-state index in [0.717, 1.165) is 30.5 Å². The maximum Gasteiger partial charge on any atom is 0.191 e. The molecule has 0 radical (unpaired) electrons. The summed E-state index contributed by atoms with van der Waals surface area (Å²) in [5.74, 6) is 2.13. The molecular weight excluding hydrogens is 441 g/mol. The highest BCUT2D eigenvalue weighted by molar-refractivity contribution is 14.0. The molecule has 1 fully saturated rings. The molecule has 1 saturated heterocycles. The molecule has 2 heterocycles. The molecule has 7 heteroatoms. The number of aliphatic imine (C=N–C) groups is 1. The van der Waals surface area contributed by atoms with E-state index in [1.54, 1.807) is 0 Å². The van der Waals surface area contributed by atoms with Gasteiger partial charge < -0.3 is 20.1 Å². The molecule has 0 amide bonds. The molecule has 1 aromatic heterocycles. The number of halogens is 1. The molecule has 0 aliphatic carbocycles. The van der Waals surface area contributed by atoms with Crippen LogP contribution < -0.4 is 10.6 Å². The molecule has 1 aromatic rings. The van der Waals surface area contributed by atoms with Crippen LogP contribution in [-0.4, -0.2) is 54.8 Å². The Hall–Kier alpha value is -0.830. The SMILES string of the molecule is CCCN1CCC(NC(=NCC(C)c2c(C)noc2C)NCC)CC1.I. The van der Waals surface area contributed by atoms with E-state index >= 15 is 0 Å². The van der Waals surface area contributed by atoms with Crippen molar-refractivity contribution >= 4 is 29.9 Å². The second kappa shape index (κ2) is 11.8. The van der Waals surface area contributed by atoms with E-state index in [4.69, 9.17) is 9.52 Å². The van der Waals surface area contributed by atoms with Gasteiger partial charge in [-0.2, -0.15) is 0 Å². The zero-order valence-corrected chi connectivity index (χ0v) is 19.3. The van der Waals surface area contributed by atoms with Crippen LogP contribution in [-0.2, 0) is 0 Å². The van der Waals surface area contributed by atoms with Crippen LogP contribution >= 0.6 is 24.0 Å². The Labute approximate surface area is 175 Å². The first-order valence-electron chi connectivity index (χ1n) is 9.75. The number of hydrogen-bond acceptors (Lipinski definition) is 4. The van der Waals surface area contributed by atoms with Crippen molar-refractivity contribution in [3.8, 4) is 0 Å². The van der Waals surface area contributed by atoms with Gasteiger partial charge in [-0.15, -0.1) is 24.0 Å². The Kier molecular flexibility index (Phi) is 10.5. The number of aryl methyl sites for hydroxylation is 2. The first kappa shape index (κ1) is 23.2. The van der Waals surface area contributed by atoms with Gasteiger partial charge in [0.2, 0.25) is 0 Å². The number of aromatic nitrogens is 1. The van der Waals surface area contributed by atoms with E-state index in [9.17, 15) is 0 Å². The Morgan fingerprint density at radius 3 is 2.54 bits per heavy atom. The lowest BCUT2D eigenvalue weighted by molar-refractivity contribution is 0.206. The summed E-state index contributed by atoms with van der Waals surface area (Å²) >= 11 is 0. The average Bonchev–Trinajstić information content (AvgIpc) is 2.93. The van der Waals surface area contributed by atoms with Gasteiger partial charge in [-0.25, -0.2) is 0 Å². The normalized spacial score (nSPS) is 17.7. The van der Waals surface area contributed by atoms with E-state index in [2.05, 4.69) is 41.5 Å². The maximum atomic E-state index is 5.29. The fourth-order valence-electron chi connectivity index (χ4n) is 3.64.